The van der Waals surface area contributed by atoms with E-state index in [2.05, 4.69) is 39.1 Å². The van der Waals surface area contributed by atoms with Gasteiger partial charge in [0.25, 0.3) is 5.91 Å². The van der Waals surface area contributed by atoms with Crippen LogP contribution in [0.5, 0.6) is 5.75 Å². The predicted octanol–water partition coefficient (Wildman–Crippen LogP) is 5.17. The molecule has 1 N–H and O–H groups in total. The number of aromatic nitrogens is 1. The number of nitrogens with zero attached hydrogens (tertiary/aromatic N) is 2. The summed E-state index contributed by atoms with van der Waals surface area (Å²) in [7, 11) is 1.62. The van der Waals surface area contributed by atoms with Crippen molar-refractivity contribution in [3.63, 3.8) is 0 Å². The molecule has 0 unspecified atom stereocenters. The van der Waals surface area contributed by atoms with Crippen molar-refractivity contribution in [3.05, 3.63) is 99.7 Å². The van der Waals surface area contributed by atoms with Crippen molar-refractivity contribution < 1.29 is 14.3 Å². The number of rotatable bonds is 4. The Kier molecular flexibility index (Phi) is 5.41. The summed E-state index contributed by atoms with van der Waals surface area (Å²) in [5.74, 6) is 0.513. The van der Waals surface area contributed by atoms with Crippen molar-refractivity contribution in [3.8, 4) is 5.75 Å². The van der Waals surface area contributed by atoms with Crippen LogP contribution < -0.4 is 4.74 Å². The number of carbonyl (C=O) groups is 2. The van der Waals surface area contributed by atoms with E-state index in [9.17, 15) is 9.59 Å². The number of hydrogen-bond donors (Lipinski definition) is 1. The van der Waals surface area contributed by atoms with Gasteiger partial charge in [-0.15, -0.1) is 0 Å². The molecule has 1 aromatic heterocycles. The Bertz CT molecular complexity index is 1500. The molecule has 3 aromatic carbocycles. The van der Waals surface area contributed by atoms with E-state index in [4.69, 9.17) is 4.74 Å². The zero-order valence-electron chi connectivity index (χ0n) is 20.1. The SMILES string of the molecule is COc1ccccc1CN1CC(=O)N2C[C@H](c3ccc(Br)cc3)c3c([nH]c4ccccc34)[C@@]2(C)C1=O. The van der Waals surface area contributed by atoms with Gasteiger partial charge in [0.15, 0.2) is 5.54 Å². The van der Waals surface area contributed by atoms with Gasteiger partial charge >= 0.3 is 0 Å². The highest BCUT2D eigenvalue weighted by Crippen LogP contribution is 2.48. The van der Waals surface area contributed by atoms with E-state index in [-0.39, 0.29) is 24.3 Å². The molecular formula is C29H26BrN3O3. The lowest BCUT2D eigenvalue weighted by Gasteiger charge is -2.51. The molecule has 2 aliphatic heterocycles. The number of H-pyrrole nitrogens is 1. The monoisotopic (exact) mass is 543 g/mol. The Morgan fingerprint density at radius 1 is 1.03 bits per heavy atom. The molecule has 0 bridgehead atoms. The topological polar surface area (TPSA) is 65.6 Å². The van der Waals surface area contributed by atoms with Gasteiger partial charge in [-0.2, -0.15) is 0 Å². The van der Waals surface area contributed by atoms with Gasteiger partial charge in [-0.1, -0.05) is 64.5 Å². The molecule has 7 heteroatoms. The normalized spacial score (nSPS) is 21.5. The van der Waals surface area contributed by atoms with Gasteiger partial charge in [-0.25, -0.2) is 0 Å². The van der Waals surface area contributed by atoms with E-state index in [1.807, 2.05) is 61.5 Å². The minimum atomic E-state index is -1.13. The first-order valence-electron chi connectivity index (χ1n) is 12.0. The first-order chi connectivity index (χ1) is 17.4. The molecule has 6 nitrogen and oxygen atoms in total. The van der Waals surface area contributed by atoms with E-state index >= 15 is 0 Å². The first-order valence-corrected chi connectivity index (χ1v) is 12.8. The summed E-state index contributed by atoms with van der Waals surface area (Å²) in [5.41, 5.74) is 3.71. The molecule has 1 saturated heterocycles. The summed E-state index contributed by atoms with van der Waals surface area (Å²) in [6.07, 6.45) is 0. The molecule has 0 saturated carbocycles. The molecule has 4 aromatic rings. The van der Waals surface area contributed by atoms with Gasteiger partial charge < -0.3 is 19.5 Å². The highest BCUT2D eigenvalue weighted by atomic mass is 79.9. The lowest BCUT2D eigenvalue weighted by Crippen LogP contribution is -2.67. The third-order valence-corrected chi connectivity index (χ3v) is 8.17. The van der Waals surface area contributed by atoms with Crippen molar-refractivity contribution in [2.75, 3.05) is 20.2 Å². The average Bonchev–Trinajstić information content (AvgIpc) is 3.29. The van der Waals surface area contributed by atoms with Gasteiger partial charge in [0.05, 0.1) is 12.8 Å². The first kappa shape index (κ1) is 22.9. The van der Waals surface area contributed by atoms with Crippen LogP contribution in [0.3, 0.4) is 0 Å². The molecule has 3 heterocycles. The number of aromatic amines is 1. The molecule has 0 radical (unpaired) electrons. The Hall–Kier alpha value is -3.58. The number of hydrogen-bond acceptors (Lipinski definition) is 3. The van der Waals surface area contributed by atoms with E-state index in [1.54, 1.807) is 16.9 Å². The van der Waals surface area contributed by atoms with Crippen LogP contribution >= 0.6 is 15.9 Å². The van der Waals surface area contributed by atoms with Crippen LogP contribution in [0.1, 0.15) is 35.2 Å². The molecule has 2 atom stereocenters. The summed E-state index contributed by atoms with van der Waals surface area (Å²) >= 11 is 3.53. The van der Waals surface area contributed by atoms with Gasteiger partial charge in [0.2, 0.25) is 5.91 Å². The van der Waals surface area contributed by atoms with E-state index < -0.39 is 5.54 Å². The number of para-hydroxylation sites is 2. The van der Waals surface area contributed by atoms with Crippen LogP contribution in [-0.2, 0) is 21.7 Å². The zero-order valence-corrected chi connectivity index (χ0v) is 21.7. The van der Waals surface area contributed by atoms with Crippen LogP contribution in [0.15, 0.2) is 77.3 Å². The zero-order chi connectivity index (χ0) is 25.0. The van der Waals surface area contributed by atoms with E-state index in [1.165, 1.54) is 0 Å². The number of ether oxygens (including phenoxy) is 1. The minimum absolute atomic E-state index is 0.0368. The molecule has 6 rings (SSSR count). The maximum atomic E-state index is 14.2. The van der Waals surface area contributed by atoms with Crippen LogP contribution in [0.2, 0.25) is 0 Å². The standard InChI is InChI=1S/C29H26BrN3O3/c1-29-27-26(21-8-4-5-9-23(21)31-27)22(18-11-13-20(30)14-12-18)16-33(29)25(34)17-32(28(29)35)15-19-7-3-6-10-24(19)36-2/h3-14,22,31H,15-17H2,1-2H3/t22-,29+/m1/s1. The largest absolute Gasteiger partial charge is 0.496 e. The molecule has 0 spiro atoms. The van der Waals surface area contributed by atoms with Crippen molar-refractivity contribution in [1.82, 2.24) is 14.8 Å². The Balaban J connectivity index is 1.49. The summed E-state index contributed by atoms with van der Waals surface area (Å²) in [5, 5.41) is 1.09. The smallest absolute Gasteiger partial charge is 0.255 e. The minimum Gasteiger partial charge on any atom is -0.496 e. The van der Waals surface area contributed by atoms with Crippen LogP contribution in [0.25, 0.3) is 10.9 Å². The molecular weight excluding hydrogens is 518 g/mol. The van der Waals surface area contributed by atoms with Crippen LogP contribution in [-0.4, -0.2) is 46.8 Å². The second kappa shape index (κ2) is 8.52. The third-order valence-electron chi connectivity index (χ3n) is 7.64. The molecule has 2 aliphatic rings. The Morgan fingerprint density at radius 3 is 2.53 bits per heavy atom. The summed E-state index contributed by atoms with van der Waals surface area (Å²) < 4.78 is 6.51. The predicted molar refractivity (Wildman–Crippen MR) is 142 cm³/mol. The fourth-order valence-corrected chi connectivity index (χ4v) is 6.10. The van der Waals surface area contributed by atoms with Crippen molar-refractivity contribution >= 4 is 38.6 Å². The molecule has 1 fully saturated rings. The summed E-state index contributed by atoms with van der Waals surface area (Å²) in [4.78, 5) is 34.9. The number of carbonyl (C=O) groups excluding carboxylic acids is 2. The lowest BCUT2D eigenvalue weighted by atomic mass is 9.76. The highest BCUT2D eigenvalue weighted by Gasteiger charge is 2.56. The summed E-state index contributed by atoms with van der Waals surface area (Å²) in [6, 6.07) is 24.0. The maximum absolute atomic E-state index is 14.2. The average molecular weight is 544 g/mol. The molecule has 2 amide bonds. The van der Waals surface area contributed by atoms with Crippen LogP contribution in [0.4, 0.5) is 0 Å². The highest BCUT2D eigenvalue weighted by molar-refractivity contribution is 9.10. The lowest BCUT2D eigenvalue weighted by molar-refractivity contribution is -0.166. The fourth-order valence-electron chi connectivity index (χ4n) is 5.84. The number of halogens is 1. The second-order valence-electron chi connectivity index (χ2n) is 9.61. The molecule has 36 heavy (non-hydrogen) atoms. The van der Waals surface area contributed by atoms with Gasteiger partial charge in [0.1, 0.15) is 12.3 Å². The van der Waals surface area contributed by atoms with Gasteiger partial charge in [-0.05, 0) is 42.3 Å². The number of benzene rings is 3. The number of nitrogens with one attached hydrogen (secondary N) is 1. The number of amides is 2. The van der Waals surface area contributed by atoms with Crippen molar-refractivity contribution in [1.29, 1.82) is 0 Å². The fraction of sp³-hybridized carbons (Fsp3) is 0.241. The van der Waals surface area contributed by atoms with Crippen molar-refractivity contribution in [2.24, 2.45) is 0 Å². The number of piperazine rings is 1. The van der Waals surface area contributed by atoms with Gasteiger partial charge in [0, 0.05) is 39.9 Å². The molecule has 182 valence electrons. The number of fused-ring (bicyclic) bond motifs is 5. The van der Waals surface area contributed by atoms with E-state index in [0.717, 1.165) is 37.8 Å². The van der Waals surface area contributed by atoms with Gasteiger partial charge in [-0.3, -0.25) is 9.59 Å². The van der Waals surface area contributed by atoms with Crippen molar-refractivity contribution in [2.45, 2.75) is 24.9 Å². The summed E-state index contributed by atoms with van der Waals surface area (Å²) in [6.45, 7) is 2.67. The Morgan fingerprint density at radius 2 is 1.75 bits per heavy atom. The third kappa shape index (κ3) is 3.37. The number of methoxy groups -OCH3 is 1. The second-order valence-corrected chi connectivity index (χ2v) is 10.5. The van der Waals surface area contributed by atoms with E-state index in [0.29, 0.717) is 18.8 Å². The molecule has 0 aliphatic carbocycles. The quantitative estimate of drug-likeness (QED) is 0.386. The maximum Gasteiger partial charge on any atom is 0.255 e. The Labute approximate surface area is 218 Å². The van der Waals surface area contributed by atoms with Crippen LogP contribution in [0, 0.1) is 0 Å².